The fourth-order valence-electron chi connectivity index (χ4n) is 1.22. The van der Waals surface area contributed by atoms with Crippen molar-refractivity contribution in [2.24, 2.45) is 0 Å². The van der Waals surface area contributed by atoms with Crippen LogP contribution < -0.4 is 5.32 Å². The van der Waals surface area contributed by atoms with Gasteiger partial charge in [-0.3, -0.25) is 0 Å². The third kappa shape index (κ3) is 4.85. The first kappa shape index (κ1) is 14.2. The minimum Gasteiger partial charge on any atom is -0.370 e. The van der Waals surface area contributed by atoms with E-state index in [1.54, 1.807) is 11.8 Å². The predicted molar refractivity (Wildman–Crippen MR) is 65.3 cm³/mol. The van der Waals surface area contributed by atoms with E-state index in [2.05, 4.69) is 17.2 Å². The van der Waals surface area contributed by atoms with Crippen LogP contribution >= 0.6 is 11.8 Å². The first-order chi connectivity index (χ1) is 7.93. The molecule has 0 spiro atoms. The number of rotatable bonds is 5. The van der Waals surface area contributed by atoms with Gasteiger partial charge < -0.3 is 5.32 Å². The van der Waals surface area contributed by atoms with E-state index >= 15 is 0 Å². The van der Waals surface area contributed by atoms with Crippen LogP contribution in [0.5, 0.6) is 0 Å². The average Bonchev–Trinajstić information content (AvgIpc) is 2.28. The zero-order chi connectivity index (χ0) is 12.9. The van der Waals surface area contributed by atoms with Gasteiger partial charge in [0, 0.05) is 18.0 Å². The van der Waals surface area contributed by atoms with E-state index in [1.807, 2.05) is 6.26 Å². The molecule has 0 aromatic carbocycles. The first-order valence-electron chi connectivity index (χ1n) is 5.23. The number of thioether (sulfide) groups is 1. The zero-order valence-corrected chi connectivity index (χ0v) is 10.5. The van der Waals surface area contributed by atoms with Crippen LogP contribution in [0.2, 0.25) is 0 Å². The Morgan fingerprint density at radius 3 is 2.76 bits per heavy atom. The van der Waals surface area contributed by atoms with Gasteiger partial charge in [0.1, 0.15) is 5.82 Å². The van der Waals surface area contributed by atoms with Crippen molar-refractivity contribution >= 4 is 17.6 Å². The van der Waals surface area contributed by atoms with Gasteiger partial charge in [0.05, 0.1) is 5.56 Å². The van der Waals surface area contributed by atoms with Crippen LogP contribution in [0.3, 0.4) is 0 Å². The van der Waals surface area contributed by atoms with Gasteiger partial charge >= 0.3 is 6.18 Å². The molecule has 1 heterocycles. The second-order valence-electron chi connectivity index (χ2n) is 3.69. The smallest absolute Gasteiger partial charge is 0.370 e. The molecule has 0 bridgehead atoms. The summed E-state index contributed by atoms with van der Waals surface area (Å²) in [5.74, 6) is 0.271. The minimum atomic E-state index is -4.31. The topological polar surface area (TPSA) is 24.9 Å². The number of anilines is 1. The molecular formula is C11H15F3N2S. The summed E-state index contributed by atoms with van der Waals surface area (Å²) in [6.07, 6.45) is -0.249. The molecule has 0 saturated heterocycles. The summed E-state index contributed by atoms with van der Waals surface area (Å²) in [7, 11) is 0. The summed E-state index contributed by atoms with van der Waals surface area (Å²) in [5.41, 5.74) is -0.673. The fourth-order valence-corrected chi connectivity index (χ4v) is 1.58. The Hall–Kier alpha value is -0.910. The summed E-state index contributed by atoms with van der Waals surface area (Å²) in [4.78, 5) is 3.86. The Bertz CT molecular complexity index is 355. The van der Waals surface area contributed by atoms with Gasteiger partial charge in [-0.15, -0.1) is 0 Å². The highest BCUT2D eigenvalue weighted by Gasteiger charge is 2.30. The Kier molecular flexibility index (Phi) is 5.11. The number of aromatic nitrogens is 1. The van der Waals surface area contributed by atoms with Gasteiger partial charge in [0.15, 0.2) is 0 Å². The number of nitrogens with zero attached hydrogens (tertiary/aromatic N) is 1. The molecule has 0 aliphatic heterocycles. The highest BCUT2D eigenvalue weighted by Crippen LogP contribution is 2.29. The van der Waals surface area contributed by atoms with Gasteiger partial charge in [0.25, 0.3) is 0 Å². The molecule has 1 unspecified atom stereocenters. The van der Waals surface area contributed by atoms with Crippen molar-refractivity contribution in [2.75, 3.05) is 18.1 Å². The summed E-state index contributed by atoms with van der Waals surface area (Å²) in [6, 6.07) is 2.00. The van der Waals surface area contributed by atoms with Crippen molar-refractivity contribution in [3.8, 4) is 0 Å². The van der Waals surface area contributed by atoms with E-state index in [0.717, 1.165) is 18.6 Å². The quantitative estimate of drug-likeness (QED) is 0.878. The predicted octanol–water partition coefficient (Wildman–Crippen LogP) is 3.65. The summed E-state index contributed by atoms with van der Waals surface area (Å²) in [6.45, 7) is 2.70. The zero-order valence-electron chi connectivity index (χ0n) is 9.71. The highest BCUT2D eigenvalue weighted by molar-refractivity contribution is 7.99. The largest absolute Gasteiger partial charge is 0.416 e. The van der Waals surface area contributed by atoms with E-state index in [1.165, 1.54) is 6.20 Å². The normalized spacial score (nSPS) is 13.5. The molecule has 2 nitrogen and oxygen atoms in total. The first-order valence-corrected chi connectivity index (χ1v) is 6.52. The summed E-state index contributed by atoms with van der Waals surface area (Å²) >= 11 is 1.73. The lowest BCUT2D eigenvalue weighted by molar-refractivity contribution is -0.137. The van der Waals surface area contributed by atoms with Crippen LogP contribution in [-0.4, -0.2) is 23.0 Å². The third-order valence-corrected chi connectivity index (χ3v) is 3.39. The lowest BCUT2D eigenvalue weighted by Crippen LogP contribution is -2.10. The van der Waals surface area contributed by atoms with Crippen molar-refractivity contribution in [3.05, 3.63) is 23.9 Å². The van der Waals surface area contributed by atoms with Crippen LogP contribution in [0.1, 0.15) is 18.9 Å². The van der Waals surface area contributed by atoms with Gasteiger partial charge in [0.2, 0.25) is 0 Å². The Balaban J connectivity index is 2.55. The maximum atomic E-state index is 12.4. The van der Waals surface area contributed by atoms with Gasteiger partial charge in [-0.2, -0.15) is 24.9 Å². The SMILES string of the molecule is CSC(C)CCNc1cc(C(F)(F)F)ccn1. The molecule has 1 aromatic heterocycles. The molecule has 1 rings (SSSR count). The summed E-state index contributed by atoms with van der Waals surface area (Å²) < 4.78 is 37.2. The summed E-state index contributed by atoms with van der Waals surface area (Å²) in [5, 5.41) is 3.38. The van der Waals surface area contributed by atoms with Crippen LogP contribution in [0.15, 0.2) is 18.3 Å². The van der Waals surface area contributed by atoms with Gasteiger partial charge in [-0.25, -0.2) is 4.98 Å². The van der Waals surface area contributed by atoms with Crippen LogP contribution in [-0.2, 0) is 6.18 Å². The molecular weight excluding hydrogens is 249 g/mol. The molecule has 0 saturated carbocycles. The van der Waals surface area contributed by atoms with E-state index in [4.69, 9.17) is 0 Å². The lowest BCUT2D eigenvalue weighted by Gasteiger charge is -2.11. The average molecular weight is 264 g/mol. The van der Waals surface area contributed by atoms with Crippen LogP contribution in [0.4, 0.5) is 19.0 Å². The number of nitrogens with one attached hydrogen (secondary N) is 1. The number of alkyl halides is 3. The Labute approximate surface area is 103 Å². The molecule has 0 aliphatic carbocycles. The molecule has 96 valence electrons. The van der Waals surface area contributed by atoms with Crippen molar-refractivity contribution in [2.45, 2.75) is 24.8 Å². The molecule has 1 atom stereocenters. The standard InChI is InChI=1S/C11H15F3N2S/c1-8(17-2)3-5-15-10-7-9(4-6-16-10)11(12,13)14/h4,6-8H,3,5H2,1-2H3,(H,15,16). The molecule has 0 amide bonds. The van der Waals surface area contributed by atoms with Crippen molar-refractivity contribution in [1.29, 1.82) is 0 Å². The van der Waals surface area contributed by atoms with Crippen LogP contribution in [0.25, 0.3) is 0 Å². The second kappa shape index (κ2) is 6.14. The van der Waals surface area contributed by atoms with Crippen LogP contribution in [0, 0.1) is 0 Å². The lowest BCUT2D eigenvalue weighted by atomic mass is 10.2. The maximum Gasteiger partial charge on any atom is 0.416 e. The number of pyridine rings is 1. The molecule has 0 aliphatic rings. The molecule has 0 fully saturated rings. The van der Waals surface area contributed by atoms with Gasteiger partial charge in [-0.1, -0.05) is 6.92 Å². The number of hydrogen-bond donors (Lipinski definition) is 1. The molecule has 6 heteroatoms. The highest BCUT2D eigenvalue weighted by atomic mass is 32.2. The molecule has 1 N–H and O–H groups in total. The monoisotopic (exact) mass is 264 g/mol. The Morgan fingerprint density at radius 1 is 1.47 bits per heavy atom. The second-order valence-corrected chi connectivity index (χ2v) is 4.97. The molecule has 17 heavy (non-hydrogen) atoms. The van der Waals surface area contributed by atoms with E-state index in [-0.39, 0.29) is 5.82 Å². The van der Waals surface area contributed by atoms with Crippen molar-refractivity contribution < 1.29 is 13.2 Å². The minimum absolute atomic E-state index is 0.271. The van der Waals surface area contributed by atoms with Crippen molar-refractivity contribution in [3.63, 3.8) is 0 Å². The van der Waals surface area contributed by atoms with Gasteiger partial charge in [-0.05, 0) is 24.8 Å². The van der Waals surface area contributed by atoms with Crippen molar-refractivity contribution in [1.82, 2.24) is 4.98 Å². The van der Waals surface area contributed by atoms with E-state index in [0.29, 0.717) is 11.8 Å². The number of hydrogen-bond acceptors (Lipinski definition) is 3. The maximum absolute atomic E-state index is 12.4. The Morgan fingerprint density at radius 2 is 2.18 bits per heavy atom. The molecule has 1 aromatic rings. The fraction of sp³-hybridized carbons (Fsp3) is 0.545. The molecule has 0 radical (unpaired) electrons. The third-order valence-electron chi connectivity index (χ3n) is 2.35. The van der Waals surface area contributed by atoms with E-state index in [9.17, 15) is 13.2 Å². The van der Waals surface area contributed by atoms with E-state index < -0.39 is 11.7 Å². The number of halogens is 3.